The topological polar surface area (TPSA) is 64.1 Å². The number of methoxy groups -OCH3 is 1. The largest absolute Gasteiger partial charge is 0.481 e. The summed E-state index contributed by atoms with van der Waals surface area (Å²) in [6.45, 7) is 0.288. The molecule has 2 aromatic heterocycles. The van der Waals surface area contributed by atoms with Crippen molar-refractivity contribution in [1.29, 1.82) is 0 Å². The summed E-state index contributed by atoms with van der Waals surface area (Å²) in [6, 6.07) is 7.53. The van der Waals surface area contributed by atoms with E-state index in [-0.39, 0.29) is 12.2 Å². The van der Waals surface area contributed by atoms with Crippen LogP contribution in [-0.2, 0) is 6.54 Å². The second kappa shape index (κ2) is 5.90. The Kier molecular flexibility index (Phi) is 4.02. The molecule has 0 aliphatic heterocycles. The second-order valence-electron chi connectivity index (χ2n) is 3.73. The number of nitrogens with one attached hydrogen (secondary N) is 1. The van der Waals surface area contributed by atoms with Crippen LogP contribution in [0.4, 0.5) is 4.39 Å². The fraction of sp³-hybridized carbons (Fsp3) is 0.154. The number of hydrogen-bond acceptors (Lipinski definition) is 4. The molecule has 1 amide bonds. The number of aromatic nitrogens is 2. The molecular formula is C13H12FN3O2. The minimum absolute atomic E-state index is 0.0426. The van der Waals surface area contributed by atoms with Gasteiger partial charge in [0.1, 0.15) is 5.69 Å². The molecule has 0 atom stereocenters. The van der Waals surface area contributed by atoms with Crippen molar-refractivity contribution in [3.05, 3.63) is 53.7 Å². The molecule has 0 saturated carbocycles. The van der Waals surface area contributed by atoms with E-state index in [0.717, 1.165) is 5.56 Å². The third-order valence-corrected chi connectivity index (χ3v) is 2.41. The van der Waals surface area contributed by atoms with Gasteiger partial charge in [0.15, 0.2) is 0 Å². The standard InChI is InChI=1S/C13H12FN3O2/c1-19-12-7-9(5-6-15-12)8-16-13(18)10-3-2-4-11(14)17-10/h2-7H,8H2,1H3,(H,16,18). The number of carbonyl (C=O) groups excluding carboxylic acids is 1. The Morgan fingerprint density at radius 1 is 1.42 bits per heavy atom. The quantitative estimate of drug-likeness (QED) is 0.848. The number of ether oxygens (including phenoxy) is 1. The monoisotopic (exact) mass is 261 g/mol. The lowest BCUT2D eigenvalue weighted by molar-refractivity contribution is 0.0944. The highest BCUT2D eigenvalue weighted by molar-refractivity contribution is 5.92. The Labute approximate surface area is 109 Å². The van der Waals surface area contributed by atoms with Crippen molar-refractivity contribution in [2.45, 2.75) is 6.54 Å². The van der Waals surface area contributed by atoms with Gasteiger partial charge in [0.05, 0.1) is 7.11 Å². The van der Waals surface area contributed by atoms with Gasteiger partial charge in [-0.25, -0.2) is 9.97 Å². The Morgan fingerprint density at radius 3 is 3.00 bits per heavy atom. The Bertz CT molecular complexity index is 590. The summed E-state index contributed by atoms with van der Waals surface area (Å²) in [5.41, 5.74) is 0.873. The van der Waals surface area contributed by atoms with Gasteiger partial charge in [-0.3, -0.25) is 4.79 Å². The summed E-state index contributed by atoms with van der Waals surface area (Å²) in [5, 5.41) is 2.64. The van der Waals surface area contributed by atoms with Crippen LogP contribution in [0.5, 0.6) is 5.88 Å². The van der Waals surface area contributed by atoms with Crippen molar-refractivity contribution in [3.8, 4) is 5.88 Å². The first-order valence-corrected chi connectivity index (χ1v) is 5.58. The van der Waals surface area contributed by atoms with Crippen LogP contribution in [-0.4, -0.2) is 23.0 Å². The minimum atomic E-state index is -0.682. The van der Waals surface area contributed by atoms with Crippen LogP contribution in [0.1, 0.15) is 16.1 Å². The average Bonchev–Trinajstić information content (AvgIpc) is 2.45. The molecule has 1 N–H and O–H groups in total. The summed E-state index contributed by atoms with van der Waals surface area (Å²) in [7, 11) is 1.52. The molecule has 0 aromatic carbocycles. The Hall–Kier alpha value is -2.50. The molecule has 0 spiro atoms. The van der Waals surface area contributed by atoms with Crippen molar-refractivity contribution < 1.29 is 13.9 Å². The zero-order valence-corrected chi connectivity index (χ0v) is 10.3. The molecule has 0 radical (unpaired) electrons. The number of hydrogen-bond donors (Lipinski definition) is 1. The molecule has 0 aliphatic carbocycles. The molecule has 0 saturated heterocycles. The van der Waals surface area contributed by atoms with Crippen molar-refractivity contribution >= 4 is 5.91 Å². The summed E-state index contributed by atoms with van der Waals surface area (Å²) < 4.78 is 17.8. The molecule has 5 nitrogen and oxygen atoms in total. The van der Waals surface area contributed by atoms with Crippen molar-refractivity contribution in [3.63, 3.8) is 0 Å². The molecule has 0 fully saturated rings. The SMILES string of the molecule is COc1cc(CNC(=O)c2cccc(F)n2)ccn1. The maximum atomic E-state index is 12.9. The predicted molar refractivity (Wildman–Crippen MR) is 66.2 cm³/mol. The van der Waals surface area contributed by atoms with Gasteiger partial charge in [-0.15, -0.1) is 0 Å². The lowest BCUT2D eigenvalue weighted by Crippen LogP contribution is -2.24. The smallest absolute Gasteiger partial charge is 0.270 e. The van der Waals surface area contributed by atoms with E-state index in [1.807, 2.05) is 0 Å². The van der Waals surface area contributed by atoms with Gasteiger partial charge in [0.2, 0.25) is 11.8 Å². The molecule has 6 heteroatoms. The lowest BCUT2D eigenvalue weighted by atomic mass is 10.2. The zero-order valence-electron chi connectivity index (χ0n) is 10.3. The summed E-state index contributed by atoms with van der Waals surface area (Å²) in [6.07, 6.45) is 1.58. The van der Waals surface area contributed by atoms with Gasteiger partial charge in [-0.1, -0.05) is 6.07 Å². The molecule has 2 aromatic rings. The van der Waals surface area contributed by atoms with Gasteiger partial charge in [0, 0.05) is 18.8 Å². The first-order chi connectivity index (χ1) is 9.19. The molecule has 98 valence electrons. The number of amides is 1. The minimum Gasteiger partial charge on any atom is -0.481 e. The van der Waals surface area contributed by atoms with E-state index in [4.69, 9.17) is 4.74 Å². The van der Waals surface area contributed by atoms with Crippen LogP contribution in [0, 0.1) is 5.95 Å². The highest BCUT2D eigenvalue weighted by Crippen LogP contribution is 2.08. The van der Waals surface area contributed by atoms with Crippen molar-refractivity contribution in [2.24, 2.45) is 0 Å². The molecule has 2 rings (SSSR count). The number of carbonyl (C=O) groups is 1. The molecule has 0 unspecified atom stereocenters. The summed E-state index contributed by atoms with van der Waals surface area (Å²) >= 11 is 0. The van der Waals surface area contributed by atoms with Gasteiger partial charge in [-0.2, -0.15) is 4.39 Å². The highest BCUT2D eigenvalue weighted by Gasteiger charge is 2.07. The number of halogens is 1. The molecule has 2 heterocycles. The van der Waals surface area contributed by atoms with Crippen molar-refractivity contribution in [2.75, 3.05) is 7.11 Å². The third kappa shape index (κ3) is 3.48. The van der Waals surface area contributed by atoms with Crippen LogP contribution in [0.25, 0.3) is 0 Å². The molecule has 19 heavy (non-hydrogen) atoms. The van der Waals surface area contributed by atoms with Crippen LogP contribution < -0.4 is 10.1 Å². The van der Waals surface area contributed by atoms with Crippen LogP contribution in [0.2, 0.25) is 0 Å². The first-order valence-electron chi connectivity index (χ1n) is 5.58. The number of nitrogens with zero attached hydrogens (tertiary/aromatic N) is 2. The average molecular weight is 261 g/mol. The number of rotatable bonds is 4. The van der Waals surface area contributed by atoms with Gasteiger partial charge < -0.3 is 10.1 Å². The predicted octanol–water partition coefficient (Wildman–Crippen LogP) is 1.55. The van der Waals surface area contributed by atoms with Crippen molar-refractivity contribution in [1.82, 2.24) is 15.3 Å². The third-order valence-electron chi connectivity index (χ3n) is 2.41. The van der Waals surface area contributed by atoms with Gasteiger partial charge in [-0.05, 0) is 23.8 Å². The second-order valence-corrected chi connectivity index (χ2v) is 3.73. The van der Waals surface area contributed by atoms with E-state index in [0.29, 0.717) is 5.88 Å². The first kappa shape index (κ1) is 12.9. The normalized spacial score (nSPS) is 10.0. The van der Waals surface area contributed by atoms with E-state index in [1.54, 1.807) is 18.3 Å². The molecule has 0 aliphatic rings. The summed E-state index contributed by atoms with van der Waals surface area (Å²) in [4.78, 5) is 19.2. The van der Waals surface area contributed by atoms with Crippen LogP contribution in [0.15, 0.2) is 36.5 Å². The maximum Gasteiger partial charge on any atom is 0.270 e. The van der Waals surface area contributed by atoms with Gasteiger partial charge >= 0.3 is 0 Å². The van der Waals surface area contributed by atoms with E-state index >= 15 is 0 Å². The summed E-state index contributed by atoms with van der Waals surface area (Å²) in [5.74, 6) is -0.649. The fourth-order valence-electron chi connectivity index (χ4n) is 1.48. The van der Waals surface area contributed by atoms with E-state index < -0.39 is 11.9 Å². The lowest BCUT2D eigenvalue weighted by Gasteiger charge is -2.06. The Balaban J connectivity index is 2.00. The van der Waals surface area contributed by atoms with Crippen LogP contribution in [0.3, 0.4) is 0 Å². The fourth-order valence-corrected chi connectivity index (χ4v) is 1.48. The number of pyridine rings is 2. The van der Waals surface area contributed by atoms with Crippen LogP contribution >= 0.6 is 0 Å². The maximum absolute atomic E-state index is 12.9. The zero-order chi connectivity index (χ0) is 13.7. The Morgan fingerprint density at radius 2 is 2.26 bits per heavy atom. The molecular weight excluding hydrogens is 249 g/mol. The van der Waals surface area contributed by atoms with E-state index in [1.165, 1.54) is 25.3 Å². The highest BCUT2D eigenvalue weighted by atomic mass is 19.1. The van der Waals surface area contributed by atoms with E-state index in [2.05, 4.69) is 15.3 Å². The van der Waals surface area contributed by atoms with Gasteiger partial charge in [0.25, 0.3) is 5.91 Å². The van der Waals surface area contributed by atoms with E-state index in [9.17, 15) is 9.18 Å². The molecule has 0 bridgehead atoms.